The first kappa shape index (κ1) is 42.2. The van der Waals surface area contributed by atoms with E-state index in [1.54, 1.807) is 71.0 Å². The average Bonchev–Trinajstić information content (AvgIpc) is 3.48. The smallest absolute Gasteiger partial charge is 0.413 e. The highest BCUT2D eigenvalue weighted by atomic mass is 16.7. The van der Waals surface area contributed by atoms with Gasteiger partial charge in [-0.3, -0.25) is 29.0 Å². The summed E-state index contributed by atoms with van der Waals surface area (Å²) in [5.41, 5.74) is 1.50. The quantitative estimate of drug-likeness (QED) is 0.0784. The van der Waals surface area contributed by atoms with E-state index in [0.29, 0.717) is 27.8 Å². The summed E-state index contributed by atoms with van der Waals surface area (Å²) < 4.78 is 16.0. The number of furan rings is 1. The summed E-state index contributed by atoms with van der Waals surface area (Å²) in [5.74, 6) is -9.81. The fraction of sp³-hybridized carbons (Fsp3) is 0.415. The van der Waals surface area contributed by atoms with E-state index < -0.39 is 101 Å². The molecule has 6 rings (SSSR count). The number of nitrogens with two attached hydrogens (primary N) is 1. The van der Waals surface area contributed by atoms with Gasteiger partial charge in [-0.05, 0) is 78.2 Å². The summed E-state index contributed by atoms with van der Waals surface area (Å²) in [7, 11) is 6.41. The zero-order chi connectivity index (χ0) is 43.6. The molecule has 18 heteroatoms. The van der Waals surface area contributed by atoms with Gasteiger partial charge in [0.25, 0.3) is 5.91 Å². The molecule has 3 aliphatic carbocycles. The molecule has 0 saturated carbocycles. The summed E-state index contributed by atoms with van der Waals surface area (Å²) in [5, 5.41) is 49.5. The van der Waals surface area contributed by atoms with Crippen molar-refractivity contribution in [1.29, 1.82) is 0 Å². The number of allylic oxidation sites excluding steroid dienone is 1. The second kappa shape index (κ2) is 15.1. The largest absolute Gasteiger partial charge is 0.510 e. The number of aliphatic hydroxyl groups is 3. The molecule has 0 fully saturated rings. The van der Waals surface area contributed by atoms with Gasteiger partial charge in [0.15, 0.2) is 17.1 Å². The number of aromatic hydroxyl groups is 1. The molecule has 0 spiro atoms. The highest BCUT2D eigenvalue weighted by Crippen LogP contribution is 2.54. The standard InChI is InChI=1S/C41H47N5O13/c1-18-20-11-9-10-12-25(20)59-34(18)38(54)57-17-58-39(55)46(40(2,3)4)16-26(47)43-23-15-24(44(5)6)21-13-19-14-22-30(45(7)8)33(50)29(37(42)53)36(52)41(22,56)35(51)27(19)32(49)28(21)31(23)48/h9-12,15,19,22,30,48,50-51,56H,13-14,16-17H2,1-8H3,(H2,42,53)(H,43,47)/t19?,22?,30?,41-/m0/s1. The van der Waals surface area contributed by atoms with Crippen LogP contribution in [-0.2, 0) is 30.3 Å². The number of rotatable bonds is 9. The molecule has 4 atom stereocenters. The van der Waals surface area contributed by atoms with Gasteiger partial charge in [0.2, 0.25) is 24.2 Å². The van der Waals surface area contributed by atoms with Crippen LogP contribution in [0.1, 0.15) is 59.2 Å². The molecule has 2 aromatic carbocycles. The van der Waals surface area contributed by atoms with E-state index in [2.05, 4.69) is 5.32 Å². The van der Waals surface area contributed by atoms with Crippen molar-refractivity contribution in [2.45, 2.75) is 57.7 Å². The molecule has 0 radical (unpaired) electrons. The number of Topliss-reactive ketones (excluding diaryl/α,β-unsaturated/α-hetero) is 2. The fourth-order valence-electron chi connectivity index (χ4n) is 8.35. The molecule has 3 aliphatic rings. The number of likely N-dealkylation sites (N-methyl/N-ethyl adjacent to an activating group) is 1. The van der Waals surface area contributed by atoms with E-state index in [0.717, 1.165) is 4.90 Å². The molecule has 3 aromatic rings. The van der Waals surface area contributed by atoms with E-state index >= 15 is 0 Å². The Morgan fingerprint density at radius 2 is 1.69 bits per heavy atom. The van der Waals surface area contributed by atoms with Crippen LogP contribution in [0.2, 0.25) is 0 Å². The molecule has 314 valence electrons. The molecule has 59 heavy (non-hydrogen) atoms. The van der Waals surface area contributed by atoms with Gasteiger partial charge < -0.3 is 50.3 Å². The molecular formula is C41H47N5O13. The molecule has 18 nitrogen and oxygen atoms in total. The average molecular weight is 818 g/mol. The first-order chi connectivity index (χ1) is 27.5. The van der Waals surface area contributed by atoms with Crippen LogP contribution in [0.4, 0.5) is 16.2 Å². The van der Waals surface area contributed by atoms with Gasteiger partial charge in [0.1, 0.15) is 29.2 Å². The third-order valence-corrected chi connectivity index (χ3v) is 11.2. The Bertz CT molecular complexity index is 2390. The van der Waals surface area contributed by atoms with Crippen LogP contribution in [0.5, 0.6) is 5.75 Å². The number of nitrogens with zero attached hydrogens (tertiary/aromatic N) is 3. The van der Waals surface area contributed by atoms with Crippen LogP contribution in [0.3, 0.4) is 0 Å². The lowest BCUT2D eigenvalue weighted by molar-refractivity contribution is -0.148. The van der Waals surface area contributed by atoms with E-state index in [4.69, 9.17) is 19.6 Å². The number of primary amides is 1. The molecule has 3 amide bonds. The summed E-state index contributed by atoms with van der Waals surface area (Å²) in [6, 6.07) is 7.30. The maximum atomic E-state index is 14.4. The Morgan fingerprint density at radius 3 is 2.29 bits per heavy atom. The number of phenolic OH excluding ortho intramolecular Hbond substituents is 1. The second-order valence-electron chi connectivity index (χ2n) is 16.3. The van der Waals surface area contributed by atoms with Gasteiger partial charge in [-0.2, -0.15) is 0 Å². The van der Waals surface area contributed by atoms with Gasteiger partial charge in [-0.25, -0.2) is 9.59 Å². The Labute approximate surface area is 338 Å². The number of nitrogens with one attached hydrogen (secondary N) is 1. The number of esters is 1. The van der Waals surface area contributed by atoms with E-state index in [-0.39, 0.29) is 35.4 Å². The SMILES string of the molecule is Cc1c(C(=O)OCOC(=O)N(CC(=O)Nc2cc(N(C)C)c3c(c2O)C(=O)C2=C(O)[C@]4(O)C(=O)C(C(N)=O)=C(O)C(N(C)C)C4CC2C3)C(C)(C)C)oc2ccccc12. The third kappa shape index (κ3) is 7.01. The molecule has 1 heterocycles. The first-order valence-electron chi connectivity index (χ1n) is 18.6. The highest BCUT2D eigenvalue weighted by Gasteiger charge is 2.63. The van der Waals surface area contributed by atoms with Gasteiger partial charge in [0.05, 0.1) is 17.3 Å². The number of carbonyl (C=O) groups is 6. The highest BCUT2D eigenvalue weighted by molar-refractivity contribution is 6.25. The molecular weight excluding hydrogens is 770 g/mol. The lowest BCUT2D eigenvalue weighted by Crippen LogP contribution is -2.63. The molecule has 0 aliphatic heterocycles. The third-order valence-electron chi connectivity index (χ3n) is 11.2. The van der Waals surface area contributed by atoms with Crippen molar-refractivity contribution in [3.05, 3.63) is 75.4 Å². The number of phenols is 1. The van der Waals surface area contributed by atoms with Crippen LogP contribution in [0.15, 0.2) is 57.4 Å². The van der Waals surface area contributed by atoms with Crippen molar-refractivity contribution >= 4 is 57.8 Å². The number of hydrogen-bond donors (Lipinski definition) is 6. The topological polar surface area (TPSA) is 263 Å². The monoisotopic (exact) mass is 817 g/mol. The van der Waals surface area contributed by atoms with Crippen molar-refractivity contribution < 1.29 is 63.1 Å². The maximum absolute atomic E-state index is 14.4. The summed E-state index contributed by atoms with van der Waals surface area (Å²) in [6.45, 7) is 5.15. The summed E-state index contributed by atoms with van der Waals surface area (Å²) in [6.07, 6.45) is -1.09. The maximum Gasteiger partial charge on any atom is 0.413 e. The number of benzene rings is 2. The lowest BCUT2D eigenvalue weighted by Gasteiger charge is -2.50. The first-order valence-corrected chi connectivity index (χ1v) is 18.6. The molecule has 1 aromatic heterocycles. The van der Waals surface area contributed by atoms with Crippen LogP contribution < -0.4 is 16.0 Å². The molecule has 3 unspecified atom stereocenters. The summed E-state index contributed by atoms with van der Waals surface area (Å²) >= 11 is 0. The van der Waals surface area contributed by atoms with Gasteiger partial charge in [-0.15, -0.1) is 0 Å². The molecule has 7 N–H and O–H groups in total. The number of hydrogen-bond acceptors (Lipinski definition) is 15. The van der Waals surface area contributed by atoms with Crippen LogP contribution in [0, 0.1) is 18.8 Å². The fourth-order valence-corrected chi connectivity index (χ4v) is 8.35. The predicted octanol–water partition coefficient (Wildman–Crippen LogP) is 3.23. The van der Waals surface area contributed by atoms with Crippen molar-refractivity contribution in [1.82, 2.24) is 9.80 Å². The van der Waals surface area contributed by atoms with E-state index in [9.17, 15) is 49.2 Å². The Hall–Kier alpha value is -6.40. The van der Waals surface area contributed by atoms with Gasteiger partial charge in [-0.1, -0.05) is 18.2 Å². The number of aryl methyl sites for hydroxylation is 1. The Kier molecular flexibility index (Phi) is 10.8. The number of ether oxygens (including phenoxy) is 2. The Balaban J connectivity index is 1.26. The van der Waals surface area contributed by atoms with Crippen LogP contribution >= 0.6 is 0 Å². The molecule has 0 saturated heterocycles. The van der Waals surface area contributed by atoms with E-state index in [1.807, 2.05) is 0 Å². The number of carbonyl (C=O) groups excluding carboxylic acids is 6. The minimum absolute atomic E-state index is 0.0218. The van der Waals surface area contributed by atoms with Crippen LogP contribution in [0.25, 0.3) is 11.0 Å². The van der Waals surface area contributed by atoms with Gasteiger partial charge >= 0.3 is 12.1 Å². The normalized spacial score (nSPS) is 21.5. The lowest BCUT2D eigenvalue weighted by atomic mass is 9.58. The zero-order valence-corrected chi connectivity index (χ0v) is 33.8. The minimum Gasteiger partial charge on any atom is -0.510 e. The van der Waals surface area contributed by atoms with Crippen molar-refractivity contribution in [3.63, 3.8) is 0 Å². The number of anilines is 2. The number of aliphatic hydroxyl groups excluding tert-OH is 2. The van der Waals surface area contributed by atoms with E-state index in [1.165, 1.54) is 25.1 Å². The predicted molar refractivity (Wildman–Crippen MR) is 211 cm³/mol. The number of para-hydroxylation sites is 1. The second-order valence-corrected chi connectivity index (χ2v) is 16.3. The number of fused-ring (bicyclic) bond motifs is 4. The van der Waals surface area contributed by atoms with Crippen LogP contribution in [-0.4, -0.2) is 124 Å². The number of ketones is 2. The zero-order valence-electron chi connectivity index (χ0n) is 33.8. The minimum atomic E-state index is -2.83. The van der Waals surface area contributed by atoms with Gasteiger partial charge in [0, 0.05) is 47.8 Å². The Morgan fingerprint density at radius 1 is 1.03 bits per heavy atom. The number of amides is 3. The van der Waals surface area contributed by atoms with Crippen molar-refractivity contribution in [3.8, 4) is 5.75 Å². The van der Waals surface area contributed by atoms with Crippen molar-refractivity contribution in [2.75, 3.05) is 51.7 Å². The molecule has 0 bridgehead atoms. The summed E-state index contributed by atoms with van der Waals surface area (Å²) in [4.78, 5) is 84.2. The van der Waals surface area contributed by atoms with Crippen molar-refractivity contribution in [2.24, 2.45) is 17.6 Å².